The molecule has 0 spiro atoms. The van der Waals surface area contributed by atoms with E-state index in [1.54, 1.807) is 25.1 Å². The molecule has 0 aromatic heterocycles. The molecule has 6 heteroatoms. The number of hydrogen-bond acceptors (Lipinski definition) is 3. The highest BCUT2D eigenvalue weighted by Gasteiger charge is 2.17. The topological polar surface area (TPSA) is 38.8 Å². The lowest BCUT2D eigenvalue weighted by Crippen LogP contribution is -2.32. The molecule has 2 aromatic rings. The van der Waals surface area contributed by atoms with Crippen LogP contribution in [0.15, 0.2) is 36.4 Å². The van der Waals surface area contributed by atoms with Crippen molar-refractivity contribution in [2.24, 2.45) is 0 Å². The molecule has 1 amide bonds. The Kier molecular flexibility index (Phi) is 5.73. The zero-order valence-corrected chi connectivity index (χ0v) is 13.8. The minimum Gasteiger partial charge on any atom is -0.493 e. The van der Waals surface area contributed by atoms with Crippen LogP contribution in [-0.2, 0) is 11.2 Å². The Morgan fingerprint density at radius 2 is 1.71 bits per heavy atom. The minimum absolute atomic E-state index is 0.104. The second-order valence-corrected chi connectivity index (χ2v) is 5.10. The van der Waals surface area contributed by atoms with Gasteiger partial charge < -0.3 is 14.4 Å². The van der Waals surface area contributed by atoms with E-state index in [1.165, 1.54) is 25.2 Å². The molecule has 0 radical (unpaired) electrons. The standard InChI is InChI=1S/C18H19F2NO3/c1-4-21(13-6-7-14(19)15(20)11-13)18(22)10-12-5-8-16(23-2)17(9-12)24-3/h5-9,11H,4,10H2,1-3H3. The zero-order chi connectivity index (χ0) is 17.7. The van der Waals surface area contributed by atoms with E-state index in [0.717, 1.165) is 17.7 Å². The van der Waals surface area contributed by atoms with Crippen LogP contribution >= 0.6 is 0 Å². The summed E-state index contributed by atoms with van der Waals surface area (Å²) in [5, 5.41) is 0. The smallest absolute Gasteiger partial charge is 0.231 e. The van der Waals surface area contributed by atoms with Gasteiger partial charge in [0, 0.05) is 18.3 Å². The molecule has 128 valence electrons. The highest BCUT2D eigenvalue weighted by Crippen LogP contribution is 2.28. The van der Waals surface area contributed by atoms with Gasteiger partial charge in [0.2, 0.25) is 5.91 Å². The van der Waals surface area contributed by atoms with Crippen LogP contribution in [-0.4, -0.2) is 26.7 Å². The first-order valence-electron chi connectivity index (χ1n) is 7.46. The molecule has 0 aliphatic heterocycles. The number of ether oxygens (including phenoxy) is 2. The largest absolute Gasteiger partial charge is 0.493 e. The van der Waals surface area contributed by atoms with Crippen LogP contribution in [0.4, 0.5) is 14.5 Å². The molecule has 0 heterocycles. The molecule has 4 nitrogen and oxygen atoms in total. The Balaban J connectivity index is 2.21. The highest BCUT2D eigenvalue weighted by molar-refractivity contribution is 5.94. The Morgan fingerprint density at radius 3 is 2.29 bits per heavy atom. The first-order valence-corrected chi connectivity index (χ1v) is 7.46. The lowest BCUT2D eigenvalue weighted by Gasteiger charge is -2.21. The molecule has 2 rings (SSSR count). The number of benzene rings is 2. The van der Waals surface area contributed by atoms with Gasteiger partial charge in [-0.2, -0.15) is 0 Å². The van der Waals surface area contributed by atoms with Crippen LogP contribution in [0.3, 0.4) is 0 Å². The molecule has 0 unspecified atom stereocenters. The van der Waals surface area contributed by atoms with Gasteiger partial charge in [-0.1, -0.05) is 6.07 Å². The van der Waals surface area contributed by atoms with Crippen LogP contribution in [0.25, 0.3) is 0 Å². The maximum absolute atomic E-state index is 13.4. The molecule has 2 aromatic carbocycles. The molecular weight excluding hydrogens is 316 g/mol. The van der Waals surface area contributed by atoms with Gasteiger partial charge in [-0.15, -0.1) is 0 Å². The van der Waals surface area contributed by atoms with Crippen molar-refractivity contribution in [3.63, 3.8) is 0 Å². The highest BCUT2D eigenvalue weighted by atomic mass is 19.2. The van der Waals surface area contributed by atoms with Gasteiger partial charge in [0.25, 0.3) is 0 Å². The normalized spacial score (nSPS) is 10.4. The Hall–Kier alpha value is -2.63. The number of carbonyl (C=O) groups is 1. The number of carbonyl (C=O) groups excluding carboxylic acids is 1. The summed E-state index contributed by atoms with van der Waals surface area (Å²) in [5.41, 5.74) is 1.06. The van der Waals surface area contributed by atoms with Crippen molar-refractivity contribution >= 4 is 11.6 Å². The molecular formula is C18H19F2NO3. The van der Waals surface area contributed by atoms with Gasteiger partial charge in [-0.3, -0.25) is 4.79 Å². The quantitative estimate of drug-likeness (QED) is 0.810. The summed E-state index contributed by atoms with van der Waals surface area (Å²) in [7, 11) is 3.05. The van der Waals surface area contributed by atoms with Crippen molar-refractivity contribution < 1.29 is 23.0 Å². The zero-order valence-electron chi connectivity index (χ0n) is 13.8. The van der Waals surface area contributed by atoms with Crippen molar-refractivity contribution in [3.8, 4) is 11.5 Å². The maximum atomic E-state index is 13.4. The van der Waals surface area contributed by atoms with E-state index in [-0.39, 0.29) is 12.3 Å². The van der Waals surface area contributed by atoms with Crippen molar-refractivity contribution in [1.82, 2.24) is 0 Å². The number of amides is 1. The molecule has 0 bridgehead atoms. The number of nitrogens with zero attached hydrogens (tertiary/aromatic N) is 1. The van der Waals surface area contributed by atoms with Crippen molar-refractivity contribution in [1.29, 1.82) is 0 Å². The molecule has 0 atom stereocenters. The first-order chi connectivity index (χ1) is 11.5. The predicted molar refractivity (Wildman–Crippen MR) is 87.6 cm³/mol. The van der Waals surface area contributed by atoms with E-state index in [2.05, 4.69) is 0 Å². The summed E-state index contributed by atoms with van der Waals surface area (Å²) < 4.78 is 36.8. The van der Waals surface area contributed by atoms with E-state index < -0.39 is 11.6 Å². The van der Waals surface area contributed by atoms with Gasteiger partial charge in [0.05, 0.1) is 20.6 Å². The number of anilines is 1. The van der Waals surface area contributed by atoms with E-state index in [9.17, 15) is 13.6 Å². The second kappa shape index (κ2) is 7.77. The third kappa shape index (κ3) is 3.82. The molecule has 0 saturated heterocycles. The number of halogens is 2. The van der Waals surface area contributed by atoms with Gasteiger partial charge in [-0.05, 0) is 36.8 Å². The Morgan fingerprint density at radius 1 is 1.00 bits per heavy atom. The van der Waals surface area contributed by atoms with E-state index >= 15 is 0 Å². The predicted octanol–water partition coefficient (Wildman–Crippen LogP) is 3.58. The third-order valence-electron chi connectivity index (χ3n) is 3.64. The lowest BCUT2D eigenvalue weighted by molar-refractivity contribution is -0.117. The molecule has 0 aliphatic carbocycles. The van der Waals surface area contributed by atoms with Crippen LogP contribution in [0.5, 0.6) is 11.5 Å². The monoisotopic (exact) mass is 335 g/mol. The summed E-state index contributed by atoms with van der Waals surface area (Å²) in [6.45, 7) is 2.12. The van der Waals surface area contributed by atoms with Crippen molar-refractivity contribution in [2.75, 3.05) is 25.7 Å². The molecule has 24 heavy (non-hydrogen) atoms. The maximum Gasteiger partial charge on any atom is 0.231 e. The number of hydrogen-bond donors (Lipinski definition) is 0. The fourth-order valence-electron chi connectivity index (χ4n) is 2.42. The Bertz CT molecular complexity index is 734. The summed E-state index contributed by atoms with van der Waals surface area (Å²) in [4.78, 5) is 13.9. The number of methoxy groups -OCH3 is 2. The van der Waals surface area contributed by atoms with Crippen LogP contribution in [0, 0.1) is 11.6 Å². The fraction of sp³-hybridized carbons (Fsp3) is 0.278. The summed E-state index contributed by atoms with van der Waals surface area (Å²) >= 11 is 0. The van der Waals surface area contributed by atoms with Gasteiger partial charge in [0.1, 0.15) is 0 Å². The van der Waals surface area contributed by atoms with Crippen LogP contribution in [0.1, 0.15) is 12.5 Å². The number of rotatable bonds is 6. The summed E-state index contributed by atoms with van der Waals surface area (Å²) in [6.07, 6.45) is 0.104. The van der Waals surface area contributed by atoms with Crippen molar-refractivity contribution in [2.45, 2.75) is 13.3 Å². The average Bonchev–Trinajstić information content (AvgIpc) is 2.58. The number of likely N-dealkylation sites (N-methyl/N-ethyl adjacent to an activating group) is 1. The van der Waals surface area contributed by atoms with Crippen molar-refractivity contribution in [3.05, 3.63) is 53.6 Å². The third-order valence-corrected chi connectivity index (χ3v) is 3.64. The molecule has 0 fully saturated rings. The summed E-state index contributed by atoms with van der Waals surface area (Å²) in [6, 6.07) is 8.61. The lowest BCUT2D eigenvalue weighted by atomic mass is 10.1. The SMILES string of the molecule is CCN(C(=O)Cc1ccc(OC)c(OC)c1)c1ccc(F)c(F)c1. The molecule has 0 saturated carbocycles. The van der Waals surface area contributed by atoms with E-state index in [4.69, 9.17) is 9.47 Å². The molecule has 0 N–H and O–H groups in total. The van der Waals surface area contributed by atoms with E-state index in [0.29, 0.717) is 23.7 Å². The van der Waals surface area contributed by atoms with Gasteiger partial charge in [0.15, 0.2) is 23.1 Å². The fourth-order valence-corrected chi connectivity index (χ4v) is 2.42. The van der Waals surface area contributed by atoms with Crippen LogP contribution < -0.4 is 14.4 Å². The Labute approximate surface area is 139 Å². The summed E-state index contributed by atoms with van der Waals surface area (Å²) in [5.74, 6) is -1.05. The molecule has 0 aliphatic rings. The first kappa shape index (κ1) is 17.7. The minimum atomic E-state index is -0.982. The second-order valence-electron chi connectivity index (χ2n) is 5.10. The van der Waals surface area contributed by atoms with Gasteiger partial charge >= 0.3 is 0 Å². The average molecular weight is 335 g/mol. The van der Waals surface area contributed by atoms with Crippen LogP contribution in [0.2, 0.25) is 0 Å². The van der Waals surface area contributed by atoms with E-state index in [1.807, 2.05) is 0 Å². The van der Waals surface area contributed by atoms with Gasteiger partial charge in [-0.25, -0.2) is 8.78 Å².